The van der Waals surface area contributed by atoms with Crippen molar-refractivity contribution in [3.63, 3.8) is 0 Å². The molecule has 1 aliphatic heterocycles. The molecule has 146 valence electrons. The van der Waals surface area contributed by atoms with E-state index in [0.29, 0.717) is 43.7 Å². The van der Waals surface area contributed by atoms with Gasteiger partial charge in [-0.3, -0.25) is 4.90 Å². The van der Waals surface area contributed by atoms with Crippen LogP contribution in [0.1, 0.15) is 24.7 Å². The summed E-state index contributed by atoms with van der Waals surface area (Å²) in [6, 6.07) is 13.6. The van der Waals surface area contributed by atoms with Crippen LogP contribution in [0.2, 0.25) is 0 Å². The number of aromatic nitrogens is 4. The molecular weight excluding hydrogens is 376 g/mol. The van der Waals surface area contributed by atoms with E-state index in [1.54, 1.807) is 16.4 Å². The predicted molar refractivity (Wildman–Crippen MR) is 104 cm³/mol. The fraction of sp³-hybridized carbons (Fsp3) is 0.421. The largest absolute Gasteiger partial charge is 0.293 e. The highest BCUT2D eigenvalue weighted by atomic mass is 32.2. The van der Waals surface area contributed by atoms with Gasteiger partial charge in [-0.05, 0) is 46.2 Å². The molecule has 1 saturated carbocycles. The maximum Gasteiger partial charge on any atom is 0.243 e. The van der Waals surface area contributed by atoms with E-state index in [1.807, 2.05) is 35.0 Å². The number of benzene rings is 2. The molecule has 2 fully saturated rings. The van der Waals surface area contributed by atoms with Gasteiger partial charge in [0, 0.05) is 26.2 Å². The normalized spacial score (nSPS) is 19.3. The van der Waals surface area contributed by atoms with Gasteiger partial charge in [-0.1, -0.05) is 30.3 Å². The van der Waals surface area contributed by atoms with Crippen molar-refractivity contribution in [3.05, 3.63) is 48.3 Å². The Morgan fingerprint density at radius 3 is 2.46 bits per heavy atom. The molecule has 0 bridgehead atoms. The van der Waals surface area contributed by atoms with Gasteiger partial charge in [-0.2, -0.15) is 4.31 Å². The van der Waals surface area contributed by atoms with E-state index in [4.69, 9.17) is 0 Å². The number of tetrazole rings is 1. The fourth-order valence-electron chi connectivity index (χ4n) is 3.72. The summed E-state index contributed by atoms with van der Waals surface area (Å²) in [7, 11) is -3.49. The second kappa shape index (κ2) is 6.91. The van der Waals surface area contributed by atoms with Crippen LogP contribution in [0.3, 0.4) is 0 Å². The quantitative estimate of drug-likeness (QED) is 0.650. The molecule has 28 heavy (non-hydrogen) atoms. The maximum atomic E-state index is 13.1. The lowest BCUT2D eigenvalue weighted by Gasteiger charge is -2.33. The zero-order valence-electron chi connectivity index (χ0n) is 15.5. The van der Waals surface area contributed by atoms with E-state index < -0.39 is 10.0 Å². The second-order valence-corrected chi connectivity index (χ2v) is 9.40. The van der Waals surface area contributed by atoms with Crippen LogP contribution in [-0.2, 0) is 16.6 Å². The minimum Gasteiger partial charge on any atom is -0.293 e. The van der Waals surface area contributed by atoms with Gasteiger partial charge >= 0.3 is 0 Å². The highest BCUT2D eigenvalue weighted by Crippen LogP contribution is 2.34. The van der Waals surface area contributed by atoms with Gasteiger partial charge < -0.3 is 0 Å². The summed E-state index contributed by atoms with van der Waals surface area (Å²) < 4.78 is 29.7. The molecule has 1 saturated heterocycles. The summed E-state index contributed by atoms with van der Waals surface area (Å²) >= 11 is 0. The van der Waals surface area contributed by atoms with Crippen molar-refractivity contribution in [1.29, 1.82) is 0 Å². The van der Waals surface area contributed by atoms with Gasteiger partial charge in [0.25, 0.3) is 0 Å². The van der Waals surface area contributed by atoms with Crippen molar-refractivity contribution in [2.24, 2.45) is 0 Å². The average molecular weight is 398 g/mol. The number of piperazine rings is 1. The van der Waals surface area contributed by atoms with E-state index in [1.165, 1.54) is 0 Å². The lowest BCUT2D eigenvalue weighted by Crippen LogP contribution is -2.48. The van der Waals surface area contributed by atoms with Crippen LogP contribution in [0.15, 0.2) is 47.4 Å². The standard InChI is InChI=1S/C19H22N6O2S/c26-28(27,18-8-5-15-3-1-2-4-16(15)13-18)24-11-9-23(10-12-24)14-19-20-21-22-25(19)17-6-7-17/h1-5,8,13,17H,6-7,9-12,14H2. The molecule has 0 N–H and O–H groups in total. The van der Waals surface area contributed by atoms with Gasteiger partial charge in [-0.25, -0.2) is 13.1 Å². The maximum absolute atomic E-state index is 13.1. The molecule has 1 aromatic heterocycles. The molecule has 1 aliphatic carbocycles. The van der Waals surface area contributed by atoms with Crippen molar-refractivity contribution in [1.82, 2.24) is 29.4 Å². The van der Waals surface area contributed by atoms with E-state index in [9.17, 15) is 8.42 Å². The van der Waals surface area contributed by atoms with E-state index in [0.717, 1.165) is 29.4 Å². The Morgan fingerprint density at radius 2 is 1.71 bits per heavy atom. The van der Waals surface area contributed by atoms with Gasteiger partial charge in [0.2, 0.25) is 10.0 Å². The zero-order valence-corrected chi connectivity index (χ0v) is 16.3. The number of hydrogen-bond donors (Lipinski definition) is 0. The van der Waals surface area contributed by atoms with Crippen molar-refractivity contribution in [2.45, 2.75) is 30.3 Å². The molecule has 0 spiro atoms. The van der Waals surface area contributed by atoms with Gasteiger partial charge in [-0.15, -0.1) is 5.10 Å². The molecule has 9 heteroatoms. The van der Waals surface area contributed by atoms with Crippen molar-refractivity contribution in [3.8, 4) is 0 Å². The molecule has 2 heterocycles. The molecule has 0 amide bonds. The minimum absolute atomic E-state index is 0.359. The minimum atomic E-state index is -3.49. The molecule has 0 radical (unpaired) electrons. The Morgan fingerprint density at radius 1 is 0.964 bits per heavy atom. The first kappa shape index (κ1) is 17.7. The summed E-state index contributed by atoms with van der Waals surface area (Å²) in [6.45, 7) is 2.95. The Balaban J connectivity index is 1.28. The molecular formula is C19H22N6O2S. The van der Waals surface area contributed by atoms with Crippen molar-refractivity contribution < 1.29 is 8.42 Å². The number of hydrogen-bond acceptors (Lipinski definition) is 6. The summed E-state index contributed by atoms with van der Waals surface area (Å²) in [5.74, 6) is 0.869. The predicted octanol–water partition coefficient (Wildman–Crippen LogP) is 1.67. The van der Waals surface area contributed by atoms with Gasteiger partial charge in [0.1, 0.15) is 0 Å². The van der Waals surface area contributed by atoms with E-state index in [2.05, 4.69) is 20.4 Å². The van der Waals surface area contributed by atoms with E-state index >= 15 is 0 Å². The second-order valence-electron chi connectivity index (χ2n) is 7.46. The van der Waals surface area contributed by atoms with Crippen LogP contribution < -0.4 is 0 Å². The number of rotatable bonds is 5. The van der Waals surface area contributed by atoms with Crippen LogP contribution in [0.5, 0.6) is 0 Å². The van der Waals surface area contributed by atoms with Gasteiger partial charge in [0.15, 0.2) is 5.82 Å². The molecule has 2 aliphatic rings. The SMILES string of the molecule is O=S(=O)(c1ccc2ccccc2c1)N1CCN(Cc2nnnn2C2CC2)CC1. The lowest BCUT2D eigenvalue weighted by atomic mass is 10.1. The van der Waals surface area contributed by atoms with Crippen LogP contribution in [0.4, 0.5) is 0 Å². The molecule has 8 nitrogen and oxygen atoms in total. The third kappa shape index (κ3) is 3.30. The van der Waals surface area contributed by atoms with Crippen LogP contribution in [-0.4, -0.2) is 64.0 Å². The number of fused-ring (bicyclic) bond motifs is 1. The van der Waals surface area contributed by atoms with Crippen LogP contribution in [0.25, 0.3) is 10.8 Å². The van der Waals surface area contributed by atoms with Crippen LogP contribution in [0, 0.1) is 0 Å². The Labute approximate surface area is 163 Å². The van der Waals surface area contributed by atoms with Crippen molar-refractivity contribution >= 4 is 20.8 Å². The number of nitrogens with zero attached hydrogens (tertiary/aromatic N) is 6. The molecule has 0 unspecified atom stereocenters. The third-order valence-corrected chi connectivity index (χ3v) is 7.40. The topological polar surface area (TPSA) is 84.2 Å². The van der Waals surface area contributed by atoms with E-state index in [-0.39, 0.29) is 0 Å². The summed E-state index contributed by atoms with van der Waals surface area (Å²) in [5.41, 5.74) is 0. The Bertz CT molecular complexity index is 1100. The Kier molecular flexibility index (Phi) is 4.37. The monoisotopic (exact) mass is 398 g/mol. The first-order valence-corrected chi connectivity index (χ1v) is 11.0. The third-order valence-electron chi connectivity index (χ3n) is 5.51. The Hall–Kier alpha value is -2.36. The first-order valence-electron chi connectivity index (χ1n) is 9.59. The summed E-state index contributed by atoms with van der Waals surface area (Å²) in [4.78, 5) is 2.58. The lowest BCUT2D eigenvalue weighted by molar-refractivity contribution is 0.175. The molecule has 0 atom stereocenters. The molecule has 3 aromatic rings. The van der Waals surface area contributed by atoms with Crippen molar-refractivity contribution in [2.75, 3.05) is 26.2 Å². The summed E-state index contributed by atoms with van der Waals surface area (Å²) in [5, 5.41) is 14.0. The molecule has 5 rings (SSSR count). The number of sulfonamides is 1. The van der Waals surface area contributed by atoms with Crippen LogP contribution >= 0.6 is 0 Å². The summed E-state index contributed by atoms with van der Waals surface area (Å²) in [6.07, 6.45) is 2.27. The molecule has 2 aromatic carbocycles. The van der Waals surface area contributed by atoms with Gasteiger partial charge in [0.05, 0.1) is 17.5 Å². The smallest absolute Gasteiger partial charge is 0.243 e. The first-order chi connectivity index (χ1) is 13.6. The fourth-order valence-corrected chi connectivity index (χ4v) is 5.18. The zero-order chi connectivity index (χ0) is 19.1. The highest BCUT2D eigenvalue weighted by Gasteiger charge is 2.31. The highest BCUT2D eigenvalue weighted by molar-refractivity contribution is 7.89. The average Bonchev–Trinajstić information content (AvgIpc) is 3.47.